The van der Waals surface area contributed by atoms with Crippen molar-refractivity contribution in [2.75, 3.05) is 7.11 Å². The lowest BCUT2D eigenvalue weighted by atomic mass is 10.2. The van der Waals surface area contributed by atoms with E-state index in [1.165, 1.54) is 0 Å². The highest BCUT2D eigenvalue weighted by Crippen LogP contribution is 2.24. The highest BCUT2D eigenvalue weighted by Gasteiger charge is 2.06. The zero-order chi connectivity index (χ0) is 14.5. The first-order chi connectivity index (χ1) is 9.60. The molecule has 0 bridgehead atoms. The van der Waals surface area contributed by atoms with Crippen molar-refractivity contribution in [3.63, 3.8) is 0 Å². The molecule has 104 valence electrons. The monoisotopic (exact) mass is 308 g/mol. The molecule has 20 heavy (non-hydrogen) atoms. The number of nitrogens with zero attached hydrogens (tertiary/aromatic N) is 1. The zero-order valence-corrected chi connectivity index (χ0v) is 12.4. The van der Waals surface area contributed by atoms with Crippen LogP contribution in [-0.2, 0) is 6.61 Å². The summed E-state index contributed by atoms with van der Waals surface area (Å²) < 4.78 is 10.9. The second-order valence-corrected chi connectivity index (χ2v) is 4.86. The van der Waals surface area contributed by atoms with Gasteiger partial charge in [0, 0.05) is 29.6 Å². The van der Waals surface area contributed by atoms with Crippen LogP contribution in [0.5, 0.6) is 11.5 Å². The fourth-order valence-electron chi connectivity index (χ4n) is 1.60. The smallest absolute Gasteiger partial charge is 0.124 e. The van der Waals surface area contributed by atoms with E-state index < -0.39 is 0 Å². The van der Waals surface area contributed by atoms with Crippen molar-refractivity contribution in [1.82, 2.24) is 4.98 Å². The number of thiocarbonyl (C=S) groups is 1. The molecule has 1 heterocycles. The topological polar surface area (TPSA) is 57.4 Å². The number of nitrogens with two attached hydrogens (primary N) is 1. The summed E-state index contributed by atoms with van der Waals surface area (Å²) in [5.74, 6) is 1.24. The van der Waals surface area contributed by atoms with Crippen LogP contribution < -0.4 is 15.2 Å². The average Bonchev–Trinajstić information content (AvgIpc) is 2.46. The SMILES string of the molecule is COc1cc(OCc2ccncc2Cl)cc(C(N)=S)c1. The standard InChI is InChI=1S/C14H13ClN2O2S/c1-18-11-4-10(14(16)20)5-12(6-11)19-8-9-2-3-17-7-13(9)15/h2-7H,8H2,1H3,(H2,16,20). The van der Waals surface area contributed by atoms with Gasteiger partial charge in [0.05, 0.1) is 12.1 Å². The molecule has 2 rings (SSSR count). The minimum atomic E-state index is 0.288. The van der Waals surface area contributed by atoms with Crippen LogP contribution in [0.15, 0.2) is 36.7 Å². The van der Waals surface area contributed by atoms with E-state index >= 15 is 0 Å². The van der Waals surface area contributed by atoms with E-state index in [2.05, 4.69) is 4.98 Å². The third-order valence-corrected chi connectivity index (χ3v) is 3.23. The van der Waals surface area contributed by atoms with E-state index in [4.69, 9.17) is 39.0 Å². The molecule has 0 radical (unpaired) electrons. The molecule has 4 nitrogen and oxygen atoms in total. The maximum atomic E-state index is 6.02. The second-order valence-electron chi connectivity index (χ2n) is 4.02. The van der Waals surface area contributed by atoms with Crippen molar-refractivity contribution in [3.05, 3.63) is 52.8 Å². The van der Waals surface area contributed by atoms with Gasteiger partial charge in [-0.1, -0.05) is 23.8 Å². The van der Waals surface area contributed by atoms with Gasteiger partial charge >= 0.3 is 0 Å². The van der Waals surface area contributed by atoms with Crippen LogP contribution in [0.25, 0.3) is 0 Å². The Labute approximate surface area is 127 Å². The predicted octanol–water partition coefficient (Wildman–Crippen LogP) is 2.96. The number of rotatable bonds is 5. The number of benzene rings is 1. The molecule has 0 atom stereocenters. The van der Waals surface area contributed by atoms with Gasteiger partial charge in [-0.15, -0.1) is 0 Å². The van der Waals surface area contributed by atoms with Crippen LogP contribution in [0.1, 0.15) is 11.1 Å². The van der Waals surface area contributed by atoms with Crippen molar-refractivity contribution < 1.29 is 9.47 Å². The number of hydrogen-bond donors (Lipinski definition) is 1. The molecular formula is C14H13ClN2O2S. The van der Waals surface area contributed by atoms with Gasteiger partial charge in [-0.3, -0.25) is 4.98 Å². The third kappa shape index (κ3) is 3.59. The number of aromatic nitrogens is 1. The highest BCUT2D eigenvalue weighted by molar-refractivity contribution is 7.80. The van der Waals surface area contributed by atoms with Crippen molar-refractivity contribution in [1.29, 1.82) is 0 Å². The molecular weight excluding hydrogens is 296 g/mol. The predicted molar refractivity (Wildman–Crippen MR) is 82.5 cm³/mol. The fourth-order valence-corrected chi connectivity index (χ4v) is 1.89. The molecule has 2 aromatic rings. The summed E-state index contributed by atoms with van der Waals surface area (Å²) in [6.45, 7) is 0.325. The molecule has 1 aromatic carbocycles. The molecule has 0 aliphatic heterocycles. The first-order valence-corrected chi connectivity index (χ1v) is 6.59. The van der Waals surface area contributed by atoms with Gasteiger partial charge in [0.1, 0.15) is 23.1 Å². The Morgan fingerprint density at radius 1 is 1.35 bits per heavy atom. The lowest BCUT2D eigenvalue weighted by Crippen LogP contribution is -2.10. The molecule has 0 spiro atoms. The van der Waals surface area contributed by atoms with Gasteiger partial charge < -0.3 is 15.2 Å². The quantitative estimate of drug-likeness (QED) is 0.861. The molecule has 0 aliphatic rings. The van der Waals surface area contributed by atoms with Gasteiger partial charge in [0.25, 0.3) is 0 Å². The number of pyridine rings is 1. The molecule has 0 saturated heterocycles. The van der Waals surface area contributed by atoms with Gasteiger partial charge in [-0.2, -0.15) is 0 Å². The molecule has 0 saturated carbocycles. The van der Waals surface area contributed by atoms with Crippen LogP contribution in [-0.4, -0.2) is 17.1 Å². The average molecular weight is 309 g/mol. The maximum Gasteiger partial charge on any atom is 0.124 e. The van der Waals surface area contributed by atoms with E-state index in [0.717, 1.165) is 5.56 Å². The lowest BCUT2D eigenvalue weighted by molar-refractivity contribution is 0.303. The van der Waals surface area contributed by atoms with E-state index in [0.29, 0.717) is 28.7 Å². The fraction of sp³-hybridized carbons (Fsp3) is 0.143. The summed E-state index contributed by atoms with van der Waals surface area (Å²) in [4.78, 5) is 4.21. The first-order valence-electron chi connectivity index (χ1n) is 5.80. The first kappa shape index (κ1) is 14.6. The third-order valence-electron chi connectivity index (χ3n) is 2.65. The van der Waals surface area contributed by atoms with Gasteiger partial charge in [-0.05, 0) is 18.2 Å². The Hall–Kier alpha value is -1.85. The number of ether oxygens (including phenoxy) is 2. The van der Waals surface area contributed by atoms with Crippen molar-refractivity contribution in [3.8, 4) is 11.5 Å². The zero-order valence-electron chi connectivity index (χ0n) is 10.8. The Kier molecular flexibility index (Phi) is 4.76. The summed E-state index contributed by atoms with van der Waals surface area (Å²) in [7, 11) is 1.57. The molecule has 1 aromatic heterocycles. The molecule has 2 N–H and O–H groups in total. The van der Waals surface area contributed by atoms with Gasteiger partial charge in [0.15, 0.2) is 0 Å². The normalized spacial score (nSPS) is 10.1. The Bertz CT molecular complexity index is 634. The van der Waals surface area contributed by atoms with Gasteiger partial charge in [0.2, 0.25) is 0 Å². The maximum absolute atomic E-state index is 6.02. The summed E-state index contributed by atoms with van der Waals surface area (Å²) in [6, 6.07) is 7.09. The summed E-state index contributed by atoms with van der Waals surface area (Å²) in [6.07, 6.45) is 3.24. The minimum absolute atomic E-state index is 0.288. The van der Waals surface area contributed by atoms with Crippen LogP contribution >= 0.6 is 23.8 Å². The Morgan fingerprint density at radius 3 is 2.75 bits per heavy atom. The minimum Gasteiger partial charge on any atom is -0.497 e. The largest absolute Gasteiger partial charge is 0.497 e. The molecule has 0 fully saturated rings. The molecule has 0 unspecified atom stereocenters. The van der Waals surface area contributed by atoms with Crippen LogP contribution in [0.4, 0.5) is 0 Å². The molecule has 0 aliphatic carbocycles. The Morgan fingerprint density at radius 2 is 2.10 bits per heavy atom. The van der Waals surface area contributed by atoms with Crippen molar-refractivity contribution in [2.24, 2.45) is 5.73 Å². The number of methoxy groups -OCH3 is 1. The van der Waals surface area contributed by atoms with E-state index in [1.807, 2.05) is 0 Å². The van der Waals surface area contributed by atoms with E-state index in [1.54, 1.807) is 43.8 Å². The summed E-state index contributed by atoms with van der Waals surface area (Å²) in [5.41, 5.74) is 7.17. The van der Waals surface area contributed by atoms with E-state index in [9.17, 15) is 0 Å². The lowest BCUT2D eigenvalue weighted by Gasteiger charge is -2.11. The molecule has 0 amide bonds. The van der Waals surface area contributed by atoms with Gasteiger partial charge in [-0.25, -0.2) is 0 Å². The highest BCUT2D eigenvalue weighted by atomic mass is 35.5. The number of halogens is 1. The van der Waals surface area contributed by atoms with Crippen LogP contribution in [0.3, 0.4) is 0 Å². The Balaban J connectivity index is 2.19. The molecule has 6 heteroatoms. The van der Waals surface area contributed by atoms with Crippen LogP contribution in [0.2, 0.25) is 5.02 Å². The van der Waals surface area contributed by atoms with Crippen molar-refractivity contribution >= 4 is 28.8 Å². The van der Waals surface area contributed by atoms with E-state index in [-0.39, 0.29) is 4.99 Å². The second kappa shape index (κ2) is 6.54. The summed E-state index contributed by atoms with van der Waals surface area (Å²) >= 11 is 11.0. The van der Waals surface area contributed by atoms with Crippen molar-refractivity contribution in [2.45, 2.75) is 6.61 Å². The number of hydrogen-bond acceptors (Lipinski definition) is 4. The van der Waals surface area contributed by atoms with Crippen LogP contribution in [0, 0.1) is 0 Å². The summed E-state index contributed by atoms with van der Waals surface area (Å²) in [5, 5.41) is 0.560.